The fourth-order valence-electron chi connectivity index (χ4n) is 3.55. The van der Waals surface area contributed by atoms with E-state index in [1.807, 2.05) is 18.2 Å². The molecule has 3 aromatic carbocycles. The van der Waals surface area contributed by atoms with Crippen molar-refractivity contribution in [1.82, 2.24) is 5.32 Å². The Balaban J connectivity index is 1.60. The van der Waals surface area contributed by atoms with E-state index < -0.39 is 0 Å². The average molecular weight is 380 g/mol. The van der Waals surface area contributed by atoms with Crippen LogP contribution in [0.3, 0.4) is 0 Å². The second kappa shape index (κ2) is 7.89. The van der Waals surface area contributed by atoms with Crippen molar-refractivity contribution >= 4 is 5.84 Å². The van der Waals surface area contributed by atoms with Gasteiger partial charge in [-0.3, -0.25) is 4.99 Å². The maximum Gasteiger partial charge on any atom is 0.123 e. The molecule has 0 amide bonds. The molecule has 2 unspecified atom stereocenters. The zero-order valence-corrected chi connectivity index (χ0v) is 15.1. The number of benzene rings is 3. The van der Waals surface area contributed by atoms with Gasteiger partial charge in [-0.2, -0.15) is 0 Å². The predicted molar refractivity (Wildman–Crippen MR) is 104 cm³/mol. The highest BCUT2D eigenvalue weighted by Crippen LogP contribution is 2.37. The predicted octanol–water partition coefficient (Wildman–Crippen LogP) is 5.52. The van der Waals surface area contributed by atoms with Crippen molar-refractivity contribution in [3.8, 4) is 0 Å². The zero-order valence-electron chi connectivity index (χ0n) is 15.1. The van der Waals surface area contributed by atoms with Gasteiger partial charge in [0, 0.05) is 6.42 Å². The molecule has 5 heteroatoms. The topological polar surface area (TPSA) is 24.4 Å². The van der Waals surface area contributed by atoms with E-state index in [1.165, 1.54) is 36.4 Å². The molecule has 4 rings (SSSR count). The average Bonchev–Trinajstić information content (AvgIpc) is 3.11. The number of hydrogen-bond donors (Lipinski definition) is 1. The fourth-order valence-corrected chi connectivity index (χ4v) is 3.55. The highest BCUT2D eigenvalue weighted by atomic mass is 19.1. The van der Waals surface area contributed by atoms with Crippen LogP contribution < -0.4 is 5.32 Å². The van der Waals surface area contributed by atoms with Gasteiger partial charge in [0.25, 0.3) is 0 Å². The molecule has 0 fully saturated rings. The first-order valence-electron chi connectivity index (χ1n) is 9.17. The van der Waals surface area contributed by atoms with Gasteiger partial charge in [0.2, 0.25) is 0 Å². The van der Waals surface area contributed by atoms with Crippen molar-refractivity contribution in [2.45, 2.75) is 24.9 Å². The SMILES string of the molecule is Fc1cccc(CCC2=NC(c3cccc(F)c3)C(c3cccc(F)c3)N2)c1. The summed E-state index contributed by atoms with van der Waals surface area (Å²) in [7, 11) is 0. The highest BCUT2D eigenvalue weighted by Gasteiger charge is 2.31. The van der Waals surface area contributed by atoms with Crippen molar-refractivity contribution < 1.29 is 13.2 Å². The number of hydrogen-bond acceptors (Lipinski definition) is 2. The Morgan fingerprint density at radius 2 is 1.32 bits per heavy atom. The van der Waals surface area contributed by atoms with Crippen molar-refractivity contribution in [3.05, 3.63) is 107 Å². The van der Waals surface area contributed by atoms with Crippen LogP contribution in [0.15, 0.2) is 77.8 Å². The summed E-state index contributed by atoms with van der Waals surface area (Å²) in [6, 6.07) is 18.5. The van der Waals surface area contributed by atoms with Gasteiger partial charge in [-0.25, -0.2) is 13.2 Å². The Labute approximate surface area is 161 Å². The normalized spacial score (nSPS) is 18.6. The van der Waals surface area contributed by atoms with E-state index in [-0.39, 0.29) is 29.5 Å². The summed E-state index contributed by atoms with van der Waals surface area (Å²) in [6.45, 7) is 0. The monoisotopic (exact) mass is 380 g/mol. The number of amidine groups is 1. The van der Waals surface area contributed by atoms with Gasteiger partial charge in [0.05, 0.1) is 11.9 Å². The lowest BCUT2D eigenvalue weighted by atomic mass is 9.95. The molecule has 2 atom stereocenters. The minimum Gasteiger partial charge on any atom is -0.364 e. The van der Waals surface area contributed by atoms with Crippen LogP contribution in [0.2, 0.25) is 0 Å². The number of halogens is 3. The third kappa shape index (κ3) is 4.09. The molecular formula is C23H19F3N2. The third-order valence-corrected chi connectivity index (χ3v) is 4.87. The van der Waals surface area contributed by atoms with Gasteiger partial charge in [0.1, 0.15) is 23.5 Å². The zero-order chi connectivity index (χ0) is 19.5. The number of aryl methyl sites for hydroxylation is 1. The molecule has 2 nitrogen and oxygen atoms in total. The standard InChI is InChI=1S/C23H19F3N2/c24-18-7-1-4-15(12-18)10-11-21-27-22(16-5-2-8-19(25)13-16)23(28-21)17-6-3-9-20(26)14-17/h1-9,12-14,22-23H,10-11H2,(H,27,28). The lowest BCUT2D eigenvalue weighted by Crippen LogP contribution is -2.24. The maximum atomic E-state index is 13.8. The third-order valence-electron chi connectivity index (χ3n) is 4.87. The number of nitrogens with zero attached hydrogens (tertiary/aromatic N) is 1. The summed E-state index contributed by atoms with van der Waals surface area (Å²) in [5.41, 5.74) is 2.35. The maximum absolute atomic E-state index is 13.8. The second-order valence-corrected chi connectivity index (χ2v) is 6.88. The molecule has 142 valence electrons. The minimum atomic E-state index is -0.361. The Hall–Kier alpha value is -3.08. The first-order valence-corrected chi connectivity index (χ1v) is 9.17. The number of nitrogens with one attached hydrogen (secondary N) is 1. The highest BCUT2D eigenvalue weighted by molar-refractivity contribution is 5.85. The largest absolute Gasteiger partial charge is 0.364 e. The molecule has 0 saturated carbocycles. The lowest BCUT2D eigenvalue weighted by molar-refractivity contribution is 0.555. The molecule has 0 aromatic heterocycles. The number of rotatable bonds is 5. The van der Waals surface area contributed by atoms with Gasteiger partial charge in [-0.1, -0.05) is 36.4 Å². The van der Waals surface area contributed by atoms with Gasteiger partial charge in [0.15, 0.2) is 0 Å². The molecule has 0 saturated heterocycles. The Morgan fingerprint density at radius 1 is 0.714 bits per heavy atom. The molecule has 1 aliphatic heterocycles. The molecule has 0 radical (unpaired) electrons. The van der Waals surface area contributed by atoms with Crippen LogP contribution in [0.25, 0.3) is 0 Å². The Kier molecular flexibility index (Phi) is 5.15. The van der Waals surface area contributed by atoms with E-state index in [9.17, 15) is 13.2 Å². The van der Waals surface area contributed by atoms with Crippen LogP contribution in [-0.4, -0.2) is 5.84 Å². The second-order valence-electron chi connectivity index (χ2n) is 6.88. The summed E-state index contributed by atoms with van der Waals surface area (Å²) in [5.74, 6) is -0.189. The Morgan fingerprint density at radius 3 is 2.00 bits per heavy atom. The van der Waals surface area contributed by atoms with Crippen molar-refractivity contribution in [1.29, 1.82) is 0 Å². The van der Waals surface area contributed by atoms with Crippen LogP contribution in [0, 0.1) is 17.5 Å². The summed E-state index contributed by atoms with van der Waals surface area (Å²) in [4.78, 5) is 4.75. The summed E-state index contributed by atoms with van der Waals surface area (Å²) >= 11 is 0. The van der Waals surface area contributed by atoms with E-state index in [2.05, 4.69) is 5.32 Å². The van der Waals surface area contributed by atoms with Crippen molar-refractivity contribution in [2.75, 3.05) is 0 Å². The fraction of sp³-hybridized carbons (Fsp3) is 0.174. The van der Waals surface area contributed by atoms with Gasteiger partial charge in [-0.05, 0) is 59.5 Å². The first kappa shape index (κ1) is 18.3. The summed E-state index contributed by atoms with van der Waals surface area (Å²) in [5, 5.41) is 3.35. The Bertz CT molecular complexity index is 1020. The van der Waals surface area contributed by atoms with Gasteiger partial charge >= 0.3 is 0 Å². The quantitative estimate of drug-likeness (QED) is 0.619. The minimum absolute atomic E-state index is 0.269. The van der Waals surface area contributed by atoms with E-state index in [1.54, 1.807) is 18.2 Å². The number of aliphatic imine (C=N–C) groups is 1. The molecule has 28 heavy (non-hydrogen) atoms. The molecule has 0 bridgehead atoms. The molecule has 1 heterocycles. The van der Waals surface area contributed by atoms with Crippen LogP contribution in [0.1, 0.15) is 35.2 Å². The van der Waals surface area contributed by atoms with E-state index in [4.69, 9.17) is 4.99 Å². The van der Waals surface area contributed by atoms with Crippen LogP contribution in [0.5, 0.6) is 0 Å². The first-order chi connectivity index (χ1) is 13.6. The molecule has 1 N–H and O–H groups in total. The summed E-state index contributed by atoms with van der Waals surface area (Å²) < 4.78 is 40.9. The molecule has 0 spiro atoms. The van der Waals surface area contributed by atoms with Crippen LogP contribution in [-0.2, 0) is 6.42 Å². The van der Waals surface area contributed by atoms with Gasteiger partial charge < -0.3 is 5.32 Å². The molecule has 1 aliphatic rings. The van der Waals surface area contributed by atoms with E-state index in [0.717, 1.165) is 22.5 Å². The van der Waals surface area contributed by atoms with E-state index in [0.29, 0.717) is 12.8 Å². The smallest absolute Gasteiger partial charge is 0.123 e. The van der Waals surface area contributed by atoms with Crippen LogP contribution >= 0.6 is 0 Å². The van der Waals surface area contributed by atoms with Gasteiger partial charge in [-0.15, -0.1) is 0 Å². The van der Waals surface area contributed by atoms with Crippen LogP contribution in [0.4, 0.5) is 13.2 Å². The molecule has 0 aliphatic carbocycles. The van der Waals surface area contributed by atoms with Crippen molar-refractivity contribution in [2.24, 2.45) is 4.99 Å². The van der Waals surface area contributed by atoms with E-state index >= 15 is 0 Å². The molecule has 3 aromatic rings. The summed E-state index contributed by atoms with van der Waals surface area (Å²) in [6.07, 6.45) is 1.20. The molecular weight excluding hydrogens is 361 g/mol. The lowest BCUT2D eigenvalue weighted by Gasteiger charge is -2.20. The van der Waals surface area contributed by atoms with Crippen molar-refractivity contribution in [3.63, 3.8) is 0 Å².